The predicted molar refractivity (Wildman–Crippen MR) is 96.2 cm³/mol. The van der Waals surface area contributed by atoms with Gasteiger partial charge in [-0.25, -0.2) is 0 Å². The van der Waals surface area contributed by atoms with Gasteiger partial charge in [0.25, 0.3) is 0 Å². The highest BCUT2D eigenvalue weighted by molar-refractivity contribution is 6.00. The van der Waals surface area contributed by atoms with Gasteiger partial charge in [0.2, 0.25) is 11.8 Å². The Morgan fingerprint density at radius 3 is 2.64 bits per heavy atom. The Morgan fingerprint density at radius 2 is 2.00 bits per heavy atom. The Hall–Kier alpha value is -2.63. The van der Waals surface area contributed by atoms with E-state index in [9.17, 15) is 9.59 Å². The van der Waals surface area contributed by atoms with Gasteiger partial charge in [-0.15, -0.1) is 0 Å². The van der Waals surface area contributed by atoms with Gasteiger partial charge in [0.15, 0.2) is 0 Å². The van der Waals surface area contributed by atoms with E-state index in [0.29, 0.717) is 6.54 Å². The van der Waals surface area contributed by atoms with Crippen molar-refractivity contribution in [2.75, 3.05) is 11.4 Å². The number of carbonyl (C=O) groups excluding carboxylic acids is 2. The van der Waals surface area contributed by atoms with Gasteiger partial charge in [-0.2, -0.15) is 5.10 Å². The minimum atomic E-state index is -0.540. The minimum absolute atomic E-state index is 0.00800. The number of para-hydroxylation sites is 1. The minimum Gasteiger partial charge on any atom is -0.344 e. The van der Waals surface area contributed by atoms with E-state index in [1.54, 1.807) is 11.1 Å². The van der Waals surface area contributed by atoms with Crippen LogP contribution in [0.1, 0.15) is 32.4 Å². The largest absolute Gasteiger partial charge is 0.344 e. The fourth-order valence-corrected chi connectivity index (χ4v) is 3.36. The van der Waals surface area contributed by atoms with Crippen molar-refractivity contribution in [2.45, 2.75) is 39.3 Å². The summed E-state index contributed by atoms with van der Waals surface area (Å²) in [5.41, 5.74) is 2.04. The summed E-state index contributed by atoms with van der Waals surface area (Å²) in [4.78, 5) is 26.6. The van der Waals surface area contributed by atoms with Crippen LogP contribution in [-0.4, -0.2) is 34.2 Å². The first-order chi connectivity index (χ1) is 12.0. The molecule has 1 aromatic carbocycles. The Labute approximate surface area is 147 Å². The molecule has 0 radical (unpaired) electrons. The van der Waals surface area contributed by atoms with Crippen LogP contribution in [0.15, 0.2) is 42.7 Å². The van der Waals surface area contributed by atoms with Crippen LogP contribution in [0.3, 0.4) is 0 Å². The van der Waals surface area contributed by atoms with E-state index >= 15 is 0 Å². The third-order valence-corrected chi connectivity index (χ3v) is 4.59. The Bertz CT molecular complexity index is 755. The van der Waals surface area contributed by atoms with Crippen LogP contribution in [0.4, 0.5) is 5.69 Å². The van der Waals surface area contributed by atoms with Gasteiger partial charge < -0.3 is 10.2 Å². The van der Waals surface area contributed by atoms with Gasteiger partial charge in [-0.3, -0.25) is 14.3 Å². The van der Waals surface area contributed by atoms with E-state index in [4.69, 9.17) is 0 Å². The van der Waals surface area contributed by atoms with E-state index in [2.05, 4.69) is 10.4 Å². The molecule has 2 aromatic rings. The molecule has 6 nitrogen and oxygen atoms in total. The van der Waals surface area contributed by atoms with Crippen LogP contribution in [0, 0.1) is 5.92 Å². The number of rotatable bonds is 4. The van der Waals surface area contributed by atoms with Crippen LogP contribution in [0.2, 0.25) is 0 Å². The Morgan fingerprint density at radius 1 is 1.24 bits per heavy atom. The molecule has 0 saturated heterocycles. The van der Waals surface area contributed by atoms with Crippen LogP contribution >= 0.6 is 0 Å². The predicted octanol–water partition coefficient (Wildman–Crippen LogP) is 2.17. The van der Waals surface area contributed by atoms with Gasteiger partial charge in [0.1, 0.15) is 6.04 Å². The first-order valence-corrected chi connectivity index (χ1v) is 8.63. The number of anilines is 1. The van der Waals surface area contributed by atoms with E-state index in [1.165, 1.54) is 6.92 Å². The molecule has 2 amide bonds. The quantitative estimate of drug-likeness (QED) is 0.927. The highest BCUT2D eigenvalue weighted by atomic mass is 16.2. The lowest BCUT2D eigenvalue weighted by molar-refractivity contribution is -0.127. The number of fused-ring (bicyclic) bond motifs is 1. The second-order valence-corrected chi connectivity index (χ2v) is 6.84. The van der Waals surface area contributed by atoms with Crippen LogP contribution in [0.25, 0.3) is 0 Å². The average molecular weight is 340 g/mol. The van der Waals surface area contributed by atoms with E-state index in [-0.39, 0.29) is 23.8 Å². The molecular weight excluding hydrogens is 316 g/mol. The molecule has 0 spiro atoms. The smallest absolute Gasteiger partial charge is 0.249 e. The van der Waals surface area contributed by atoms with Crippen LogP contribution < -0.4 is 10.2 Å². The number of benzene rings is 1. The van der Waals surface area contributed by atoms with Gasteiger partial charge in [0.05, 0.1) is 6.04 Å². The van der Waals surface area contributed by atoms with Crippen molar-refractivity contribution in [3.63, 3.8) is 0 Å². The summed E-state index contributed by atoms with van der Waals surface area (Å²) < 4.78 is 1.90. The van der Waals surface area contributed by atoms with Gasteiger partial charge in [-0.1, -0.05) is 32.0 Å². The molecule has 1 aromatic heterocycles. The molecule has 2 atom stereocenters. The SMILES string of the molecule is CC(=O)N[C@@H](C(=O)N1C[C@@H](n2cccn2)Cc2ccccc21)C(C)C. The molecule has 0 unspecified atom stereocenters. The van der Waals surface area contributed by atoms with Crippen molar-refractivity contribution in [3.05, 3.63) is 48.3 Å². The van der Waals surface area contributed by atoms with Crippen molar-refractivity contribution >= 4 is 17.5 Å². The molecule has 1 aliphatic heterocycles. The molecule has 25 heavy (non-hydrogen) atoms. The first kappa shape index (κ1) is 17.2. The second-order valence-electron chi connectivity index (χ2n) is 6.84. The molecule has 1 N–H and O–H groups in total. The number of nitrogens with zero attached hydrogens (tertiary/aromatic N) is 3. The van der Waals surface area contributed by atoms with Crippen LogP contribution in [0.5, 0.6) is 0 Å². The van der Waals surface area contributed by atoms with Gasteiger partial charge in [0, 0.05) is 31.5 Å². The lowest BCUT2D eigenvalue weighted by atomic mass is 9.95. The number of hydrogen-bond acceptors (Lipinski definition) is 3. The van der Waals surface area contributed by atoms with Crippen molar-refractivity contribution < 1.29 is 9.59 Å². The summed E-state index contributed by atoms with van der Waals surface area (Å²) in [6.45, 7) is 5.87. The molecule has 1 aliphatic rings. The van der Waals surface area contributed by atoms with Gasteiger partial charge in [-0.05, 0) is 30.0 Å². The molecule has 0 aliphatic carbocycles. The Balaban J connectivity index is 1.95. The lowest BCUT2D eigenvalue weighted by Gasteiger charge is -2.37. The molecule has 6 heteroatoms. The summed E-state index contributed by atoms with van der Waals surface area (Å²) in [7, 11) is 0. The highest BCUT2D eigenvalue weighted by Gasteiger charge is 2.34. The normalized spacial score (nSPS) is 17.9. The summed E-state index contributed by atoms with van der Waals surface area (Å²) in [6.07, 6.45) is 4.50. The molecule has 132 valence electrons. The van der Waals surface area contributed by atoms with Gasteiger partial charge >= 0.3 is 0 Å². The topological polar surface area (TPSA) is 67.2 Å². The molecular formula is C19H24N4O2. The van der Waals surface area contributed by atoms with E-state index < -0.39 is 6.04 Å². The second kappa shape index (κ2) is 7.09. The summed E-state index contributed by atoms with van der Waals surface area (Å²) in [5, 5.41) is 7.15. The zero-order chi connectivity index (χ0) is 18.0. The molecule has 0 saturated carbocycles. The average Bonchev–Trinajstić information content (AvgIpc) is 3.12. The fourth-order valence-electron chi connectivity index (χ4n) is 3.36. The number of carbonyl (C=O) groups is 2. The Kier molecular flexibility index (Phi) is 4.88. The van der Waals surface area contributed by atoms with Crippen molar-refractivity contribution in [1.82, 2.24) is 15.1 Å². The summed E-state index contributed by atoms with van der Waals surface area (Å²) in [5.74, 6) is -0.260. The van der Waals surface area contributed by atoms with E-state index in [1.807, 2.05) is 55.1 Å². The number of hydrogen-bond donors (Lipinski definition) is 1. The molecule has 0 bridgehead atoms. The molecule has 0 fully saturated rings. The first-order valence-electron chi connectivity index (χ1n) is 8.63. The zero-order valence-corrected chi connectivity index (χ0v) is 14.8. The third-order valence-electron chi connectivity index (χ3n) is 4.59. The van der Waals surface area contributed by atoms with Crippen molar-refractivity contribution in [2.24, 2.45) is 5.92 Å². The number of amides is 2. The maximum Gasteiger partial charge on any atom is 0.249 e. The van der Waals surface area contributed by atoms with E-state index in [0.717, 1.165) is 17.7 Å². The number of aromatic nitrogens is 2. The van der Waals surface area contributed by atoms with Crippen molar-refractivity contribution in [1.29, 1.82) is 0 Å². The maximum atomic E-state index is 13.2. The highest BCUT2D eigenvalue weighted by Crippen LogP contribution is 2.32. The molecule has 3 rings (SSSR count). The standard InChI is InChI=1S/C19H24N4O2/c1-13(2)18(21-14(3)24)19(25)22-12-16(23-10-6-9-20-23)11-15-7-4-5-8-17(15)22/h4-10,13,16,18H,11-12H2,1-3H3,(H,21,24)/t16-,18+/m0/s1. The third kappa shape index (κ3) is 3.57. The number of nitrogens with one attached hydrogen (secondary N) is 1. The zero-order valence-electron chi connectivity index (χ0n) is 14.8. The summed E-state index contributed by atoms with van der Waals surface area (Å²) in [6, 6.07) is 9.38. The monoisotopic (exact) mass is 340 g/mol. The van der Waals surface area contributed by atoms with Crippen LogP contribution in [-0.2, 0) is 16.0 Å². The lowest BCUT2D eigenvalue weighted by Crippen LogP contribution is -2.53. The maximum absolute atomic E-state index is 13.2. The molecule has 2 heterocycles. The summed E-state index contributed by atoms with van der Waals surface area (Å²) >= 11 is 0. The fraction of sp³-hybridized carbons (Fsp3) is 0.421. The van der Waals surface area contributed by atoms with Crippen molar-refractivity contribution in [3.8, 4) is 0 Å².